The van der Waals surface area contributed by atoms with Gasteiger partial charge in [0, 0.05) is 31.0 Å². The number of carbonyl (C=O) groups is 3. The van der Waals surface area contributed by atoms with Gasteiger partial charge >= 0.3 is 0 Å². The topological polar surface area (TPSA) is 88.6 Å². The molecule has 2 aliphatic rings. The molecule has 1 spiro atoms. The maximum Gasteiger partial charge on any atom is 0.248 e. The number of rotatable bonds is 3. The van der Waals surface area contributed by atoms with Gasteiger partial charge in [0.2, 0.25) is 11.8 Å². The van der Waals surface area contributed by atoms with Crippen LogP contribution in [0.25, 0.3) is 0 Å². The van der Waals surface area contributed by atoms with Crippen LogP contribution in [0.1, 0.15) is 48.5 Å². The summed E-state index contributed by atoms with van der Waals surface area (Å²) in [7, 11) is 0. The summed E-state index contributed by atoms with van der Waals surface area (Å²) in [6.07, 6.45) is 3.07. The van der Waals surface area contributed by atoms with E-state index in [0.29, 0.717) is 35.8 Å². The molecule has 2 amide bonds. The third-order valence-electron chi connectivity index (χ3n) is 5.68. The Morgan fingerprint density at radius 3 is 2.93 bits per heavy atom. The van der Waals surface area contributed by atoms with E-state index in [9.17, 15) is 14.4 Å². The lowest BCUT2D eigenvalue weighted by atomic mass is 9.84. The molecule has 7 nitrogen and oxygen atoms in total. The Balaban J connectivity index is 1.49. The molecular formula is C21H23N3O4S. The summed E-state index contributed by atoms with van der Waals surface area (Å²) in [5, 5.41) is 5.03. The van der Waals surface area contributed by atoms with Gasteiger partial charge in [-0.1, -0.05) is 11.6 Å². The molecule has 2 aliphatic heterocycles. The number of carbonyl (C=O) groups excluding carboxylic acids is 3. The van der Waals surface area contributed by atoms with Crippen molar-refractivity contribution >= 4 is 34.1 Å². The van der Waals surface area contributed by atoms with Gasteiger partial charge in [-0.25, -0.2) is 4.98 Å². The second kappa shape index (κ2) is 7.59. The number of aryl methyl sites for hydroxylation is 1. The van der Waals surface area contributed by atoms with E-state index in [2.05, 4.69) is 10.3 Å². The minimum absolute atomic E-state index is 0.0467. The van der Waals surface area contributed by atoms with Crippen molar-refractivity contribution in [2.45, 2.75) is 51.2 Å². The summed E-state index contributed by atoms with van der Waals surface area (Å²) in [4.78, 5) is 43.7. The monoisotopic (exact) mass is 413 g/mol. The van der Waals surface area contributed by atoms with Gasteiger partial charge in [-0.15, -0.1) is 11.3 Å². The van der Waals surface area contributed by atoms with Gasteiger partial charge in [0.05, 0.1) is 12.0 Å². The first-order chi connectivity index (χ1) is 13.9. The molecule has 1 aromatic carbocycles. The number of benzene rings is 1. The summed E-state index contributed by atoms with van der Waals surface area (Å²) in [5.41, 5.74) is 0.924. The standard InChI is InChI=1S/C21H23N3O4S/c1-13-3-4-17-15(11-13)16(25)12-21(28-17)6-5-18(26)24(9-7-21)14(2)19(27)23-20-22-8-10-29-20/h3-4,8,10-11,14H,5-7,9,12H2,1-2H3,(H,22,23,27)/t14-,21-/m1/s1. The number of ketones is 1. The van der Waals surface area contributed by atoms with Crippen LogP contribution < -0.4 is 10.1 Å². The molecule has 4 rings (SSSR count). The van der Waals surface area contributed by atoms with E-state index in [1.165, 1.54) is 11.3 Å². The van der Waals surface area contributed by atoms with Crippen LogP contribution in [0.15, 0.2) is 29.8 Å². The highest BCUT2D eigenvalue weighted by Crippen LogP contribution is 2.40. The molecule has 8 heteroatoms. The Bertz CT molecular complexity index is 959. The average Bonchev–Trinajstić information content (AvgIpc) is 3.14. The van der Waals surface area contributed by atoms with Crippen LogP contribution in [0.5, 0.6) is 5.75 Å². The number of nitrogens with one attached hydrogen (secondary N) is 1. The molecule has 1 aromatic heterocycles. The van der Waals surface area contributed by atoms with E-state index in [0.717, 1.165) is 5.56 Å². The molecule has 0 aliphatic carbocycles. The zero-order valence-electron chi connectivity index (χ0n) is 16.4. The number of Topliss-reactive ketones (excluding diaryl/α,β-unsaturated/α-hetero) is 1. The third kappa shape index (κ3) is 3.89. The second-order valence-corrected chi connectivity index (χ2v) is 8.62. The first-order valence-corrected chi connectivity index (χ1v) is 10.6. The van der Waals surface area contributed by atoms with Crippen molar-refractivity contribution in [1.29, 1.82) is 0 Å². The van der Waals surface area contributed by atoms with E-state index in [4.69, 9.17) is 4.74 Å². The summed E-state index contributed by atoms with van der Waals surface area (Å²) in [5.74, 6) is 0.257. The van der Waals surface area contributed by atoms with Crippen molar-refractivity contribution in [2.75, 3.05) is 11.9 Å². The van der Waals surface area contributed by atoms with Crippen LogP contribution in [-0.2, 0) is 9.59 Å². The average molecular weight is 413 g/mol. The normalized spacial score (nSPS) is 22.6. The predicted octanol–water partition coefficient (Wildman–Crippen LogP) is 3.20. The molecule has 2 aromatic rings. The molecule has 1 fully saturated rings. The second-order valence-electron chi connectivity index (χ2n) is 7.72. The Hall–Kier alpha value is -2.74. The SMILES string of the molecule is Cc1ccc2c(c1)C(=O)C[C@]1(CCC(=O)N([C@H](C)C(=O)Nc3nccs3)CC1)O2. The van der Waals surface area contributed by atoms with Crippen LogP contribution >= 0.6 is 11.3 Å². The van der Waals surface area contributed by atoms with Gasteiger partial charge < -0.3 is 15.0 Å². The highest BCUT2D eigenvalue weighted by molar-refractivity contribution is 7.13. The maximum atomic E-state index is 12.8. The lowest BCUT2D eigenvalue weighted by Gasteiger charge is -2.37. The number of ether oxygens (including phenoxy) is 1. The molecule has 2 atom stereocenters. The van der Waals surface area contributed by atoms with E-state index in [-0.39, 0.29) is 30.4 Å². The van der Waals surface area contributed by atoms with Crippen molar-refractivity contribution in [3.63, 3.8) is 0 Å². The van der Waals surface area contributed by atoms with E-state index in [1.807, 2.05) is 25.1 Å². The minimum Gasteiger partial charge on any atom is -0.486 e. The zero-order chi connectivity index (χ0) is 20.6. The molecule has 0 saturated carbocycles. The number of nitrogens with zero attached hydrogens (tertiary/aromatic N) is 2. The summed E-state index contributed by atoms with van der Waals surface area (Å²) < 4.78 is 6.28. The van der Waals surface area contributed by atoms with Crippen LogP contribution in [-0.4, -0.2) is 45.7 Å². The minimum atomic E-state index is -0.699. The van der Waals surface area contributed by atoms with Crippen molar-refractivity contribution in [2.24, 2.45) is 0 Å². The van der Waals surface area contributed by atoms with Gasteiger partial charge in [0.25, 0.3) is 0 Å². The fourth-order valence-corrected chi connectivity index (χ4v) is 4.52. The summed E-state index contributed by atoms with van der Waals surface area (Å²) in [6, 6.07) is 4.97. The summed E-state index contributed by atoms with van der Waals surface area (Å²) >= 11 is 1.33. The Kier molecular flexibility index (Phi) is 5.12. The number of thiazole rings is 1. The largest absolute Gasteiger partial charge is 0.486 e. The molecule has 0 bridgehead atoms. The first kappa shape index (κ1) is 19.6. The van der Waals surface area contributed by atoms with Gasteiger partial charge in [-0.05, 0) is 32.4 Å². The number of likely N-dealkylation sites (tertiary alicyclic amines) is 1. The Morgan fingerprint density at radius 1 is 1.34 bits per heavy atom. The number of hydrogen-bond donors (Lipinski definition) is 1. The van der Waals surface area contributed by atoms with Crippen molar-refractivity contribution < 1.29 is 19.1 Å². The van der Waals surface area contributed by atoms with E-state index < -0.39 is 11.6 Å². The van der Waals surface area contributed by atoms with Crippen molar-refractivity contribution in [1.82, 2.24) is 9.88 Å². The van der Waals surface area contributed by atoms with E-state index in [1.54, 1.807) is 23.4 Å². The summed E-state index contributed by atoms with van der Waals surface area (Å²) in [6.45, 7) is 4.02. The van der Waals surface area contributed by atoms with E-state index >= 15 is 0 Å². The van der Waals surface area contributed by atoms with Crippen molar-refractivity contribution in [3.05, 3.63) is 40.9 Å². The maximum absolute atomic E-state index is 12.8. The quantitative estimate of drug-likeness (QED) is 0.835. The molecule has 152 valence electrons. The molecule has 1 N–H and O–H groups in total. The fraction of sp³-hybridized carbons (Fsp3) is 0.429. The van der Waals surface area contributed by atoms with Gasteiger partial charge in [-0.3, -0.25) is 14.4 Å². The predicted molar refractivity (Wildman–Crippen MR) is 109 cm³/mol. The lowest BCUT2D eigenvalue weighted by molar-refractivity contribution is -0.137. The van der Waals surface area contributed by atoms with Gasteiger partial charge in [0.1, 0.15) is 17.4 Å². The molecule has 0 unspecified atom stereocenters. The van der Waals surface area contributed by atoms with Crippen molar-refractivity contribution in [3.8, 4) is 5.75 Å². The smallest absolute Gasteiger partial charge is 0.248 e. The lowest BCUT2D eigenvalue weighted by Crippen LogP contribution is -2.46. The number of anilines is 1. The molecular weight excluding hydrogens is 390 g/mol. The number of fused-ring (bicyclic) bond motifs is 1. The van der Waals surface area contributed by atoms with Crippen LogP contribution in [0.3, 0.4) is 0 Å². The molecule has 3 heterocycles. The Morgan fingerprint density at radius 2 is 2.17 bits per heavy atom. The Labute approximate surface area is 173 Å². The number of hydrogen-bond acceptors (Lipinski definition) is 6. The zero-order valence-corrected chi connectivity index (χ0v) is 17.3. The van der Waals surface area contributed by atoms with Crippen LogP contribution in [0.4, 0.5) is 5.13 Å². The number of aromatic nitrogens is 1. The number of amides is 2. The molecule has 29 heavy (non-hydrogen) atoms. The van der Waals surface area contributed by atoms with Gasteiger partial charge in [0.15, 0.2) is 10.9 Å². The first-order valence-electron chi connectivity index (χ1n) is 9.70. The van der Waals surface area contributed by atoms with Crippen LogP contribution in [0, 0.1) is 6.92 Å². The van der Waals surface area contributed by atoms with Gasteiger partial charge in [-0.2, -0.15) is 0 Å². The molecule has 0 radical (unpaired) electrons. The highest BCUT2D eigenvalue weighted by Gasteiger charge is 2.44. The van der Waals surface area contributed by atoms with Crippen LogP contribution in [0.2, 0.25) is 0 Å². The fourth-order valence-electron chi connectivity index (χ4n) is 3.99. The third-order valence-corrected chi connectivity index (χ3v) is 6.37. The highest BCUT2D eigenvalue weighted by atomic mass is 32.1. The molecule has 1 saturated heterocycles.